The normalized spacial score (nSPS) is 11.3. The number of hydrogen-bond acceptors (Lipinski definition) is 5. The van der Waals surface area contributed by atoms with E-state index in [-0.39, 0.29) is 0 Å². The number of aliphatic imine (C=N–C) groups is 1. The highest BCUT2D eigenvalue weighted by Gasteiger charge is 2.06. The van der Waals surface area contributed by atoms with Crippen molar-refractivity contribution in [2.75, 3.05) is 19.5 Å². The molecule has 0 aliphatic heterocycles. The second kappa shape index (κ2) is 9.75. The Morgan fingerprint density at radius 2 is 1.86 bits per heavy atom. The molecule has 28 heavy (non-hydrogen) atoms. The molecule has 0 radical (unpaired) electrons. The Bertz CT molecular complexity index is 925. The minimum Gasteiger partial charge on any atom is -0.493 e. The van der Waals surface area contributed by atoms with Crippen molar-refractivity contribution in [3.8, 4) is 11.5 Å². The predicted molar refractivity (Wildman–Crippen MR) is 114 cm³/mol. The minimum atomic E-state index is 0.325. The maximum atomic E-state index is 6.00. The van der Waals surface area contributed by atoms with Gasteiger partial charge in [0, 0.05) is 23.6 Å². The molecule has 0 aliphatic rings. The third kappa shape index (κ3) is 5.47. The zero-order valence-corrected chi connectivity index (χ0v) is 16.8. The van der Waals surface area contributed by atoms with Gasteiger partial charge in [0.15, 0.2) is 17.5 Å². The predicted octanol–water partition coefficient (Wildman–Crippen LogP) is 3.87. The lowest BCUT2D eigenvalue weighted by molar-refractivity contribution is 0.355. The summed E-state index contributed by atoms with van der Waals surface area (Å²) < 4.78 is 10.5. The number of thiazole rings is 1. The van der Waals surface area contributed by atoms with Crippen LogP contribution in [-0.4, -0.2) is 25.2 Å². The molecule has 7 heteroatoms. The molecule has 1 aromatic heterocycles. The number of nitrogens with two attached hydrogens (primary N) is 1. The monoisotopic (exact) mass is 396 g/mol. The van der Waals surface area contributed by atoms with Crippen LogP contribution >= 0.6 is 11.3 Å². The van der Waals surface area contributed by atoms with Crippen LogP contribution in [0.5, 0.6) is 11.5 Å². The van der Waals surface area contributed by atoms with Crippen molar-refractivity contribution >= 4 is 23.0 Å². The van der Waals surface area contributed by atoms with Gasteiger partial charge in [-0.25, -0.2) is 9.98 Å². The second-order valence-corrected chi connectivity index (χ2v) is 7.06. The highest BCUT2D eigenvalue weighted by atomic mass is 32.1. The zero-order valence-electron chi connectivity index (χ0n) is 16.0. The van der Waals surface area contributed by atoms with Gasteiger partial charge in [0.2, 0.25) is 0 Å². The number of aromatic nitrogens is 1. The summed E-state index contributed by atoms with van der Waals surface area (Å²) in [6.07, 6.45) is 1.91. The van der Waals surface area contributed by atoms with E-state index >= 15 is 0 Å². The maximum absolute atomic E-state index is 6.00. The SMILES string of the molecule is COc1ccc(NC(N)=NCc2csc(CCc3ccccc3)n2)cc1OC. The second-order valence-electron chi connectivity index (χ2n) is 6.11. The molecule has 3 N–H and O–H groups in total. The van der Waals surface area contributed by atoms with E-state index in [0.717, 1.165) is 29.2 Å². The van der Waals surface area contributed by atoms with Gasteiger partial charge in [-0.3, -0.25) is 0 Å². The Morgan fingerprint density at radius 3 is 2.61 bits per heavy atom. The summed E-state index contributed by atoms with van der Waals surface area (Å²) in [5, 5.41) is 6.21. The first-order valence-corrected chi connectivity index (χ1v) is 9.82. The molecule has 0 aliphatic carbocycles. The molecule has 3 rings (SSSR count). The van der Waals surface area contributed by atoms with E-state index in [0.29, 0.717) is 24.0 Å². The maximum Gasteiger partial charge on any atom is 0.193 e. The molecule has 146 valence electrons. The van der Waals surface area contributed by atoms with Gasteiger partial charge < -0.3 is 20.5 Å². The van der Waals surface area contributed by atoms with Crippen LogP contribution in [-0.2, 0) is 19.4 Å². The number of nitrogens with one attached hydrogen (secondary N) is 1. The molecule has 2 aromatic carbocycles. The molecule has 0 saturated carbocycles. The summed E-state index contributed by atoms with van der Waals surface area (Å²) >= 11 is 1.66. The van der Waals surface area contributed by atoms with Crippen LogP contribution in [0, 0.1) is 0 Å². The van der Waals surface area contributed by atoms with Crippen molar-refractivity contribution in [3.05, 3.63) is 70.2 Å². The van der Waals surface area contributed by atoms with E-state index in [2.05, 4.69) is 39.6 Å². The van der Waals surface area contributed by atoms with Gasteiger partial charge in [-0.05, 0) is 24.1 Å². The molecule has 0 unspecified atom stereocenters. The number of rotatable bonds is 8. The van der Waals surface area contributed by atoms with Gasteiger partial charge in [0.25, 0.3) is 0 Å². The molecular weight excluding hydrogens is 372 g/mol. The van der Waals surface area contributed by atoms with Crippen molar-refractivity contribution in [3.63, 3.8) is 0 Å². The fourth-order valence-electron chi connectivity index (χ4n) is 2.70. The summed E-state index contributed by atoms with van der Waals surface area (Å²) in [6, 6.07) is 15.9. The lowest BCUT2D eigenvalue weighted by Gasteiger charge is -2.10. The van der Waals surface area contributed by atoms with E-state index in [1.54, 1.807) is 25.6 Å². The van der Waals surface area contributed by atoms with Gasteiger partial charge in [0.1, 0.15) is 0 Å². The number of anilines is 1. The fraction of sp³-hybridized carbons (Fsp3) is 0.238. The molecule has 0 amide bonds. The largest absolute Gasteiger partial charge is 0.493 e. The van der Waals surface area contributed by atoms with Crippen LogP contribution in [0.2, 0.25) is 0 Å². The van der Waals surface area contributed by atoms with E-state index in [1.807, 2.05) is 29.6 Å². The number of ether oxygens (including phenoxy) is 2. The van der Waals surface area contributed by atoms with Crippen LogP contribution in [0.1, 0.15) is 16.3 Å². The van der Waals surface area contributed by atoms with E-state index < -0.39 is 0 Å². The number of hydrogen-bond donors (Lipinski definition) is 2. The van der Waals surface area contributed by atoms with Crippen molar-refractivity contribution in [1.82, 2.24) is 4.98 Å². The molecule has 0 saturated heterocycles. The molecular formula is C21H24N4O2S. The Morgan fingerprint density at radius 1 is 1.07 bits per heavy atom. The smallest absolute Gasteiger partial charge is 0.193 e. The lowest BCUT2D eigenvalue weighted by Crippen LogP contribution is -2.22. The number of benzene rings is 2. The fourth-order valence-corrected chi connectivity index (χ4v) is 3.49. The Balaban J connectivity index is 1.54. The van der Waals surface area contributed by atoms with Crippen LogP contribution in [0.4, 0.5) is 5.69 Å². The van der Waals surface area contributed by atoms with E-state index in [9.17, 15) is 0 Å². The standard InChI is InChI=1S/C21H24N4O2S/c1-26-18-10-9-16(12-19(18)27-2)25-21(22)23-13-17-14-28-20(24-17)11-8-15-6-4-3-5-7-15/h3-7,9-10,12,14H,8,11,13H2,1-2H3,(H3,22,23,25). The summed E-state index contributed by atoms with van der Waals surface area (Å²) in [6.45, 7) is 0.438. The summed E-state index contributed by atoms with van der Waals surface area (Å²) in [4.78, 5) is 9.02. The summed E-state index contributed by atoms with van der Waals surface area (Å²) in [5.74, 6) is 1.61. The number of nitrogens with zero attached hydrogens (tertiary/aromatic N) is 2. The van der Waals surface area contributed by atoms with Gasteiger partial charge in [-0.2, -0.15) is 0 Å². The average molecular weight is 397 g/mol. The third-order valence-electron chi connectivity index (χ3n) is 4.14. The molecule has 0 fully saturated rings. The van der Waals surface area contributed by atoms with Gasteiger partial charge in [-0.1, -0.05) is 30.3 Å². The third-order valence-corrected chi connectivity index (χ3v) is 5.09. The highest BCUT2D eigenvalue weighted by molar-refractivity contribution is 7.09. The highest BCUT2D eigenvalue weighted by Crippen LogP contribution is 2.29. The van der Waals surface area contributed by atoms with Crippen LogP contribution in [0.25, 0.3) is 0 Å². The van der Waals surface area contributed by atoms with E-state index in [1.165, 1.54) is 5.56 Å². The molecule has 0 bridgehead atoms. The Labute approximate surface area is 169 Å². The quantitative estimate of drug-likeness (QED) is 0.446. The topological polar surface area (TPSA) is 81.8 Å². The van der Waals surface area contributed by atoms with Crippen LogP contribution in [0.3, 0.4) is 0 Å². The first-order chi connectivity index (χ1) is 13.7. The van der Waals surface area contributed by atoms with Gasteiger partial charge >= 0.3 is 0 Å². The minimum absolute atomic E-state index is 0.325. The number of guanidine groups is 1. The lowest BCUT2D eigenvalue weighted by atomic mass is 10.1. The Kier molecular flexibility index (Phi) is 6.86. The molecule has 1 heterocycles. The molecule has 6 nitrogen and oxygen atoms in total. The van der Waals surface area contributed by atoms with Crippen molar-refractivity contribution in [2.24, 2.45) is 10.7 Å². The van der Waals surface area contributed by atoms with Crippen molar-refractivity contribution < 1.29 is 9.47 Å². The van der Waals surface area contributed by atoms with Crippen molar-refractivity contribution in [1.29, 1.82) is 0 Å². The molecule has 0 atom stereocenters. The van der Waals surface area contributed by atoms with Crippen molar-refractivity contribution in [2.45, 2.75) is 19.4 Å². The zero-order chi connectivity index (χ0) is 19.8. The van der Waals surface area contributed by atoms with Crippen LogP contribution in [0.15, 0.2) is 58.9 Å². The Hall–Kier alpha value is -3.06. The molecule has 0 spiro atoms. The van der Waals surface area contributed by atoms with Crippen LogP contribution < -0.4 is 20.5 Å². The van der Waals surface area contributed by atoms with Gasteiger partial charge in [0.05, 0.1) is 31.5 Å². The average Bonchev–Trinajstić information content (AvgIpc) is 3.19. The molecule has 3 aromatic rings. The van der Waals surface area contributed by atoms with Gasteiger partial charge in [-0.15, -0.1) is 11.3 Å². The first kappa shape index (κ1) is 19.7. The summed E-state index contributed by atoms with van der Waals surface area (Å²) in [7, 11) is 3.19. The number of aryl methyl sites for hydroxylation is 2. The summed E-state index contributed by atoms with van der Waals surface area (Å²) in [5.41, 5.74) is 9.02. The number of methoxy groups -OCH3 is 2. The first-order valence-electron chi connectivity index (χ1n) is 8.94. The van der Waals surface area contributed by atoms with E-state index in [4.69, 9.17) is 15.2 Å².